The summed E-state index contributed by atoms with van der Waals surface area (Å²) in [7, 11) is 1.48. The quantitative estimate of drug-likeness (QED) is 0.214. The number of nitrogens with zero attached hydrogens (tertiary/aromatic N) is 1. The zero-order valence-corrected chi connectivity index (χ0v) is 11.2. The van der Waals surface area contributed by atoms with Gasteiger partial charge in [0, 0.05) is 13.1 Å². The van der Waals surface area contributed by atoms with Crippen LogP contribution in [0.3, 0.4) is 0 Å². The van der Waals surface area contributed by atoms with Crippen molar-refractivity contribution in [2.45, 2.75) is 36.9 Å². The Labute approximate surface area is 116 Å². The fourth-order valence-electron chi connectivity index (χ4n) is 1.69. The van der Waals surface area contributed by atoms with Crippen LogP contribution in [0.25, 0.3) is 0 Å². The van der Waals surface area contributed by atoms with Crippen LogP contribution in [0.2, 0.25) is 0 Å². The summed E-state index contributed by atoms with van der Waals surface area (Å²) >= 11 is 0. The predicted octanol–water partition coefficient (Wildman–Crippen LogP) is -3.81. The average Bonchev–Trinajstić information content (AvgIpc) is 2.34. The monoisotopic (exact) mass is 297 g/mol. The summed E-state index contributed by atoms with van der Waals surface area (Å²) in [6, 6.07) is 0. The van der Waals surface area contributed by atoms with Gasteiger partial charge >= 0.3 is 5.97 Å². The van der Waals surface area contributed by atoms with Gasteiger partial charge in [0.2, 0.25) is 0 Å². The van der Waals surface area contributed by atoms with Crippen molar-refractivity contribution in [3.8, 4) is 0 Å². The van der Waals surface area contributed by atoms with Crippen molar-refractivity contribution in [2.75, 3.05) is 26.7 Å². The molecular weight excluding hydrogens is 274 g/mol. The molecule has 0 heterocycles. The highest BCUT2D eigenvalue weighted by Crippen LogP contribution is 2.07. The third-order valence-corrected chi connectivity index (χ3v) is 2.76. The maximum Gasteiger partial charge on any atom is 0.306 e. The molecule has 0 saturated heterocycles. The third kappa shape index (κ3) is 7.10. The van der Waals surface area contributed by atoms with Crippen LogP contribution in [0.1, 0.15) is 6.42 Å². The molecule has 9 nitrogen and oxygen atoms in total. The smallest absolute Gasteiger partial charge is 0.306 e. The first-order valence-electron chi connectivity index (χ1n) is 6.10. The zero-order valence-electron chi connectivity index (χ0n) is 11.2. The fourth-order valence-corrected chi connectivity index (χ4v) is 1.69. The second-order valence-corrected chi connectivity index (χ2v) is 4.77. The summed E-state index contributed by atoms with van der Waals surface area (Å²) in [5.41, 5.74) is 0. The third-order valence-electron chi connectivity index (χ3n) is 2.76. The number of aliphatic hydroxyl groups excluding tert-OH is 6. The number of aliphatic hydroxyl groups is 6. The molecule has 0 aliphatic rings. The predicted molar refractivity (Wildman–Crippen MR) is 66.9 cm³/mol. The highest BCUT2D eigenvalue weighted by molar-refractivity contribution is 5.67. The second-order valence-electron chi connectivity index (χ2n) is 4.77. The molecule has 0 aromatic rings. The van der Waals surface area contributed by atoms with Crippen molar-refractivity contribution in [3.63, 3.8) is 0 Å². The molecule has 9 heteroatoms. The van der Waals surface area contributed by atoms with E-state index in [-0.39, 0.29) is 13.1 Å². The van der Waals surface area contributed by atoms with Gasteiger partial charge in [0.25, 0.3) is 0 Å². The molecule has 0 radical (unpaired) electrons. The van der Waals surface area contributed by atoms with Gasteiger partial charge in [-0.1, -0.05) is 0 Å². The van der Waals surface area contributed by atoms with Gasteiger partial charge in [-0.15, -0.1) is 0 Å². The molecule has 20 heavy (non-hydrogen) atoms. The zero-order chi connectivity index (χ0) is 15.9. The van der Waals surface area contributed by atoms with Gasteiger partial charge in [0.05, 0.1) is 25.2 Å². The Kier molecular flexibility index (Phi) is 8.81. The molecule has 0 saturated carbocycles. The molecule has 0 aliphatic carbocycles. The molecule has 0 aromatic heterocycles. The van der Waals surface area contributed by atoms with E-state index in [0.717, 1.165) is 0 Å². The summed E-state index contributed by atoms with van der Waals surface area (Å²) in [4.78, 5) is 11.7. The Hall–Kier alpha value is -0.810. The van der Waals surface area contributed by atoms with Gasteiger partial charge in [-0.3, -0.25) is 4.79 Å². The molecule has 0 fully saturated rings. The summed E-state index contributed by atoms with van der Waals surface area (Å²) in [5, 5.41) is 64.2. The maximum absolute atomic E-state index is 10.4. The lowest BCUT2D eigenvalue weighted by molar-refractivity contribution is -0.139. The van der Waals surface area contributed by atoms with E-state index in [1.165, 1.54) is 11.9 Å². The molecule has 0 rings (SSSR count). The van der Waals surface area contributed by atoms with Crippen LogP contribution in [-0.2, 0) is 4.79 Å². The SMILES string of the molecule is CN(CC(O)CC(=O)O)CC(O)C(O)C(O)C(O)CO. The van der Waals surface area contributed by atoms with Crippen LogP contribution < -0.4 is 0 Å². The van der Waals surface area contributed by atoms with E-state index in [0.29, 0.717) is 0 Å². The maximum atomic E-state index is 10.4. The molecule has 5 atom stereocenters. The Morgan fingerprint density at radius 2 is 1.50 bits per heavy atom. The fraction of sp³-hybridized carbons (Fsp3) is 0.909. The van der Waals surface area contributed by atoms with E-state index in [9.17, 15) is 25.2 Å². The van der Waals surface area contributed by atoms with Crippen molar-refractivity contribution in [2.24, 2.45) is 0 Å². The lowest BCUT2D eigenvalue weighted by Crippen LogP contribution is -2.49. The standard InChI is InChI=1S/C11H23NO8/c1-12(3-6(14)2-9(17)18)4-7(15)10(19)11(20)8(16)5-13/h6-8,10-11,13-16,19-20H,2-5H2,1H3,(H,17,18). The molecule has 120 valence electrons. The van der Waals surface area contributed by atoms with Crippen molar-refractivity contribution in [1.29, 1.82) is 0 Å². The Bertz CT molecular complexity index is 290. The van der Waals surface area contributed by atoms with Gasteiger partial charge in [-0.25, -0.2) is 0 Å². The first-order chi connectivity index (χ1) is 9.18. The van der Waals surface area contributed by atoms with Crippen molar-refractivity contribution < 1.29 is 40.5 Å². The number of carbonyl (C=O) groups is 1. The summed E-state index contributed by atoms with van der Waals surface area (Å²) < 4.78 is 0. The van der Waals surface area contributed by atoms with Gasteiger partial charge < -0.3 is 40.6 Å². The van der Waals surface area contributed by atoms with Crippen molar-refractivity contribution in [1.82, 2.24) is 4.90 Å². The molecule has 0 amide bonds. The summed E-state index contributed by atoms with van der Waals surface area (Å²) in [6.45, 7) is -0.972. The van der Waals surface area contributed by atoms with Crippen LogP contribution >= 0.6 is 0 Å². The number of hydrogen-bond donors (Lipinski definition) is 7. The molecule has 7 N–H and O–H groups in total. The minimum Gasteiger partial charge on any atom is -0.481 e. The number of rotatable bonds is 10. The van der Waals surface area contributed by atoms with E-state index in [1.54, 1.807) is 0 Å². The summed E-state index contributed by atoms with van der Waals surface area (Å²) in [6.07, 6.45) is -8.00. The Morgan fingerprint density at radius 3 is 1.95 bits per heavy atom. The van der Waals surface area contributed by atoms with E-state index in [2.05, 4.69) is 0 Å². The van der Waals surface area contributed by atoms with Crippen LogP contribution in [0.15, 0.2) is 0 Å². The van der Waals surface area contributed by atoms with Crippen LogP contribution in [0, 0.1) is 0 Å². The van der Waals surface area contributed by atoms with E-state index in [4.69, 9.17) is 15.3 Å². The van der Waals surface area contributed by atoms with Crippen LogP contribution in [0.4, 0.5) is 0 Å². The van der Waals surface area contributed by atoms with Gasteiger partial charge in [-0.2, -0.15) is 0 Å². The van der Waals surface area contributed by atoms with Crippen LogP contribution in [0.5, 0.6) is 0 Å². The summed E-state index contributed by atoms with van der Waals surface area (Å²) in [5.74, 6) is -1.16. The molecule has 0 bridgehead atoms. The minimum absolute atomic E-state index is 0.0469. The normalized spacial score (nSPS) is 19.4. The highest BCUT2D eigenvalue weighted by atomic mass is 16.4. The first-order valence-corrected chi connectivity index (χ1v) is 6.10. The largest absolute Gasteiger partial charge is 0.481 e. The molecule has 0 aliphatic heterocycles. The number of carboxylic acid groups (broad SMARTS) is 1. The number of aliphatic carboxylic acids is 1. The average molecular weight is 297 g/mol. The van der Waals surface area contributed by atoms with E-state index >= 15 is 0 Å². The van der Waals surface area contributed by atoms with E-state index < -0.39 is 49.5 Å². The number of hydrogen-bond acceptors (Lipinski definition) is 8. The lowest BCUT2D eigenvalue weighted by atomic mass is 10.0. The Balaban J connectivity index is 4.23. The molecular formula is C11H23NO8. The number of carboxylic acids is 1. The van der Waals surface area contributed by atoms with Crippen LogP contribution in [-0.4, -0.2) is 104 Å². The topological polar surface area (TPSA) is 162 Å². The minimum atomic E-state index is -1.72. The van der Waals surface area contributed by atoms with Gasteiger partial charge in [-0.05, 0) is 7.05 Å². The van der Waals surface area contributed by atoms with E-state index in [1.807, 2.05) is 0 Å². The second kappa shape index (κ2) is 9.19. The van der Waals surface area contributed by atoms with Crippen molar-refractivity contribution in [3.05, 3.63) is 0 Å². The molecule has 5 unspecified atom stereocenters. The first kappa shape index (κ1) is 19.2. The van der Waals surface area contributed by atoms with Crippen molar-refractivity contribution >= 4 is 5.97 Å². The lowest BCUT2D eigenvalue weighted by Gasteiger charge is -2.29. The van der Waals surface area contributed by atoms with Gasteiger partial charge in [0.15, 0.2) is 0 Å². The van der Waals surface area contributed by atoms with Gasteiger partial charge in [0.1, 0.15) is 18.3 Å². The molecule has 0 aromatic carbocycles. The highest BCUT2D eigenvalue weighted by Gasteiger charge is 2.30. The molecule has 0 spiro atoms. The number of likely N-dealkylation sites (N-methyl/N-ethyl adjacent to an activating group) is 1. The Morgan fingerprint density at radius 1 is 1.00 bits per heavy atom.